The molecule has 0 bridgehead atoms. The van der Waals surface area contributed by atoms with Gasteiger partial charge < -0.3 is 10.6 Å². The molecule has 8 nitrogen and oxygen atoms in total. The third kappa shape index (κ3) is 7.80. The highest BCUT2D eigenvalue weighted by Crippen LogP contribution is 2.12. The number of sulfone groups is 2. The van der Waals surface area contributed by atoms with Gasteiger partial charge in [-0.15, -0.1) is 0 Å². The van der Waals surface area contributed by atoms with Crippen LogP contribution in [0.3, 0.4) is 0 Å². The average molecular weight is 467 g/mol. The first-order valence-corrected chi connectivity index (χ1v) is 12.9. The maximum Gasteiger partial charge on any atom is 0.229 e. The molecule has 2 aromatic rings. The van der Waals surface area contributed by atoms with Crippen LogP contribution in [0.1, 0.15) is 17.5 Å². The summed E-state index contributed by atoms with van der Waals surface area (Å²) in [6, 6.07) is 12.8. The zero-order chi connectivity index (χ0) is 23.1. The molecule has 2 aromatic carbocycles. The van der Waals surface area contributed by atoms with Crippen molar-refractivity contribution in [1.82, 2.24) is 10.6 Å². The van der Waals surface area contributed by atoms with Crippen molar-refractivity contribution in [3.63, 3.8) is 0 Å². The molecular weight excluding hydrogens is 440 g/mol. The number of hydrogen-bond donors (Lipinski definition) is 2. The lowest BCUT2D eigenvalue weighted by Gasteiger charge is -2.08. The molecule has 0 unspecified atom stereocenters. The third-order valence-electron chi connectivity index (χ3n) is 4.47. The highest BCUT2D eigenvalue weighted by atomic mass is 32.2. The minimum atomic E-state index is -3.54. The van der Waals surface area contributed by atoms with Crippen molar-refractivity contribution >= 4 is 31.5 Å². The Morgan fingerprint density at radius 2 is 0.968 bits per heavy atom. The van der Waals surface area contributed by atoms with Gasteiger partial charge in [0.25, 0.3) is 0 Å². The van der Waals surface area contributed by atoms with E-state index < -0.39 is 37.9 Å². The van der Waals surface area contributed by atoms with E-state index in [1.807, 2.05) is 13.8 Å². The van der Waals surface area contributed by atoms with Gasteiger partial charge in [0, 0.05) is 13.1 Å². The number of aryl methyl sites for hydroxylation is 2. The molecule has 10 heteroatoms. The summed E-state index contributed by atoms with van der Waals surface area (Å²) in [5.74, 6) is -1.87. The molecule has 0 radical (unpaired) electrons. The summed E-state index contributed by atoms with van der Waals surface area (Å²) in [6.45, 7) is 3.42. The van der Waals surface area contributed by atoms with Gasteiger partial charge in [-0.1, -0.05) is 35.4 Å². The van der Waals surface area contributed by atoms with Crippen LogP contribution >= 0.6 is 0 Å². The van der Waals surface area contributed by atoms with Gasteiger partial charge in [-0.2, -0.15) is 0 Å². The van der Waals surface area contributed by atoms with E-state index in [0.717, 1.165) is 11.1 Å². The first kappa shape index (κ1) is 24.5. The largest absolute Gasteiger partial charge is 0.355 e. The summed E-state index contributed by atoms with van der Waals surface area (Å²) >= 11 is 0. The Labute approximate surface area is 182 Å². The number of hydrogen-bond acceptors (Lipinski definition) is 6. The summed E-state index contributed by atoms with van der Waals surface area (Å²) in [5.41, 5.74) is 1.87. The second kappa shape index (κ2) is 10.5. The molecule has 0 aromatic heterocycles. The van der Waals surface area contributed by atoms with E-state index in [1.54, 1.807) is 24.3 Å². The first-order valence-electron chi connectivity index (χ1n) is 9.62. The molecule has 0 spiro atoms. The summed E-state index contributed by atoms with van der Waals surface area (Å²) in [7, 11) is -7.09. The normalized spacial score (nSPS) is 11.7. The predicted octanol–water partition coefficient (Wildman–Crippen LogP) is 1.17. The first-order chi connectivity index (χ1) is 14.5. The summed E-state index contributed by atoms with van der Waals surface area (Å²) in [4.78, 5) is 24.0. The van der Waals surface area contributed by atoms with Gasteiger partial charge in [0.15, 0.2) is 19.7 Å². The number of carbonyl (C=O) groups excluding carboxylic acids is 2. The van der Waals surface area contributed by atoms with Crippen molar-refractivity contribution in [1.29, 1.82) is 0 Å². The van der Waals surface area contributed by atoms with Crippen molar-refractivity contribution in [3.8, 4) is 0 Å². The maximum atomic E-state index is 12.2. The monoisotopic (exact) mass is 466 g/mol. The van der Waals surface area contributed by atoms with E-state index >= 15 is 0 Å². The molecule has 0 fully saturated rings. The smallest absolute Gasteiger partial charge is 0.229 e. The molecule has 2 amide bonds. The van der Waals surface area contributed by atoms with Crippen LogP contribution in [0.4, 0.5) is 0 Å². The number of amides is 2. The number of benzene rings is 2. The summed E-state index contributed by atoms with van der Waals surface area (Å²) < 4.78 is 48.9. The zero-order valence-corrected chi connectivity index (χ0v) is 19.1. The Balaban J connectivity index is 1.73. The Morgan fingerprint density at radius 3 is 1.29 bits per heavy atom. The highest BCUT2D eigenvalue weighted by molar-refractivity contribution is 7.91. The molecule has 0 saturated carbocycles. The van der Waals surface area contributed by atoms with Gasteiger partial charge in [0.05, 0.1) is 21.3 Å². The molecule has 0 aliphatic carbocycles. The number of rotatable bonds is 10. The minimum absolute atomic E-state index is 0.135. The second-order valence-corrected chi connectivity index (χ2v) is 11.4. The average Bonchev–Trinajstić information content (AvgIpc) is 2.68. The molecule has 0 atom stereocenters. The van der Waals surface area contributed by atoms with Gasteiger partial charge in [0.2, 0.25) is 11.8 Å². The lowest BCUT2D eigenvalue weighted by molar-refractivity contribution is -0.129. The van der Waals surface area contributed by atoms with Crippen molar-refractivity contribution in [2.45, 2.75) is 30.1 Å². The molecule has 0 aliphatic heterocycles. The summed E-state index contributed by atoms with van der Waals surface area (Å²) in [6.07, 6.45) is -0.519. The van der Waals surface area contributed by atoms with Gasteiger partial charge in [0.1, 0.15) is 6.42 Å². The fraction of sp³-hybridized carbons (Fsp3) is 0.333. The van der Waals surface area contributed by atoms with Crippen LogP contribution in [0.5, 0.6) is 0 Å². The van der Waals surface area contributed by atoms with Gasteiger partial charge in [-0.3, -0.25) is 9.59 Å². The van der Waals surface area contributed by atoms with Crippen LogP contribution in [0.15, 0.2) is 58.3 Å². The Morgan fingerprint density at radius 1 is 0.645 bits per heavy atom. The van der Waals surface area contributed by atoms with Crippen LogP contribution < -0.4 is 10.6 Å². The zero-order valence-electron chi connectivity index (χ0n) is 17.4. The second-order valence-electron chi connectivity index (χ2n) is 7.14. The minimum Gasteiger partial charge on any atom is -0.355 e. The highest BCUT2D eigenvalue weighted by Gasteiger charge is 2.17. The van der Waals surface area contributed by atoms with E-state index in [9.17, 15) is 26.4 Å². The Hall–Kier alpha value is -2.72. The lowest BCUT2D eigenvalue weighted by atomic mass is 10.2. The SMILES string of the molecule is Cc1ccc(S(=O)(=O)CCNC(=O)CC(=O)NCCS(=O)(=O)c2ccc(C)cc2)cc1. The molecule has 2 N–H and O–H groups in total. The lowest BCUT2D eigenvalue weighted by Crippen LogP contribution is -2.35. The fourth-order valence-electron chi connectivity index (χ4n) is 2.65. The van der Waals surface area contributed by atoms with E-state index in [1.165, 1.54) is 24.3 Å². The standard InChI is InChI=1S/C21H26N2O6S2/c1-16-3-7-18(8-4-16)30(26,27)13-11-22-20(24)15-21(25)23-12-14-31(28,29)19-9-5-17(2)6-10-19/h3-10H,11-15H2,1-2H3,(H,22,24)(H,23,25). The molecule has 0 aliphatic rings. The fourth-order valence-corrected chi connectivity index (χ4v) is 4.96. The molecule has 2 rings (SSSR count). The molecule has 0 heterocycles. The van der Waals surface area contributed by atoms with Crippen molar-refractivity contribution < 1.29 is 26.4 Å². The quantitative estimate of drug-likeness (QED) is 0.506. The van der Waals surface area contributed by atoms with Gasteiger partial charge in [-0.05, 0) is 38.1 Å². The number of carbonyl (C=O) groups is 2. The maximum absolute atomic E-state index is 12.2. The van der Waals surface area contributed by atoms with E-state index in [4.69, 9.17) is 0 Å². The third-order valence-corrected chi connectivity index (χ3v) is 7.93. The molecule has 0 saturated heterocycles. The topological polar surface area (TPSA) is 126 Å². The van der Waals surface area contributed by atoms with E-state index in [0.29, 0.717) is 0 Å². The van der Waals surface area contributed by atoms with Gasteiger partial charge in [-0.25, -0.2) is 16.8 Å². The molecule has 31 heavy (non-hydrogen) atoms. The van der Waals surface area contributed by atoms with Gasteiger partial charge >= 0.3 is 0 Å². The Kier molecular flexibility index (Phi) is 8.35. The predicted molar refractivity (Wildman–Crippen MR) is 117 cm³/mol. The van der Waals surface area contributed by atoms with Crippen molar-refractivity contribution in [3.05, 3.63) is 59.7 Å². The van der Waals surface area contributed by atoms with Crippen LogP contribution in [-0.4, -0.2) is 53.2 Å². The van der Waals surface area contributed by atoms with Crippen molar-refractivity contribution in [2.75, 3.05) is 24.6 Å². The van der Waals surface area contributed by atoms with E-state index in [2.05, 4.69) is 10.6 Å². The molecule has 168 valence electrons. The van der Waals surface area contributed by atoms with Crippen molar-refractivity contribution in [2.24, 2.45) is 0 Å². The van der Waals surface area contributed by atoms with Crippen LogP contribution in [0, 0.1) is 13.8 Å². The summed E-state index contributed by atoms with van der Waals surface area (Å²) in [5, 5.41) is 4.78. The Bertz CT molecular complexity index is 1030. The number of nitrogens with one attached hydrogen (secondary N) is 2. The van der Waals surface area contributed by atoms with Crippen LogP contribution in [0.2, 0.25) is 0 Å². The van der Waals surface area contributed by atoms with Crippen LogP contribution in [-0.2, 0) is 29.3 Å². The van der Waals surface area contributed by atoms with Crippen LogP contribution in [0.25, 0.3) is 0 Å². The van der Waals surface area contributed by atoms with E-state index in [-0.39, 0.29) is 34.4 Å². The molecular formula is C21H26N2O6S2.